The van der Waals surface area contributed by atoms with Gasteiger partial charge in [-0.25, -0.2) is 0 Å². The number of aliphatic hydroxyl groups is 1. The van der Waals surface area contributed by atoms with Crippen molar-refractivity contribution < 1.29 is 15.1 Å². The Bertz CT molecular complexity index is 206. The zero-order chi connectivity index (χ0) is 10.4. The van der Waals surface area contributed by atoms with Crippen LogP contribution in [0, 0.1) is 0 Å². The van der Waals surface area contributed by atoms with E-state index in [2.05, 4.69) is 10.5 Å². The topological polar surface area (TPSA) is 134 Å². The van der Waals surface area contributed by atoms with E-state index in [1.165, 1.54) is 0 Å². The molecule has 0 aromatic rings. The number of hydrogen-bond acceptors (Lipinski definition) is 5. The molecule has 2 unspecified atom stereocenters. The van der Waals surface area contributed by atoms with Crippen LogP contribution in [0.5, 0.6) is 0 Å². The van der Waals surface area contributed by atoms with E-state index in [4.69, 9.17) is 21.8 Å². The number of carbonyl (C=O) groups excluding carboxylic acids is 1. The van der Waals surface area contributed by atoms with Crippen LogP contribution >= 0.6 is 0 Å². The Hall–Kier alpha value is -1.34. The second kappa shape index (κ2) is 5.33. The van der Waals surface area contributed by atoms with Gasteiger partial charge in [-0.2, -0.15) is 0 Å². The summed E-state index contributed by atoms with van der Waals surface area (Å²) in [6, 6.07) is -0.431. The molecule has 0 fully saturated rings. The predicted octanol–water partition coefficient (Wildman–Crippen LogP) is -2.44. The maximum Gasteiger partial charge on any atom is 0.247 e. The van der Waals surface area contributed by atoms with E-state index >= 15 is 0 Å². The molecule has 0 spiro atoms. The molecule has 0 aliphatic heterocycles. The standard InChI is InChI=1S/C6H14N4O3/c1-3(5(7)10-13)9-2-4(11)6(8)12/h3-4,9,11,13H,2H2,1H3,(H2,7,10)(H2,8,12). The van der Waals surface area contributed by atoms with Crippen molar-refractivity contribution in [3.05, 3.63) is 0 Å². The van der Waals surface area contributed by atoms with E-state index in [9.17, 15) is 4.79 Å². The summed E-state index contributed by atoms with van der Waals surface area (Å²) in [6.45, 7) is 1.58. The lowest BCUT2D eigenvalue weighted by molar-refractivity contribution is -0.125. The van der Waals surface area contributed by atoms with Gasteiger partial charge in [0.15, 0.2) is 5.84 Å². The monoisotopic (exact) mass is 190 g/mol. The van der Waals surface area contributed by atoms with Crippen LogP contribution in [0.15, 0.2) is 5.16 Å². The number of carbonyl (C=O) groups is 1. The first-order valence-corrected chi connectivity index (χ1v) is 3.67. The Balaban J connectivity index is 3.83. The Kier molecular flexibility index (Phi) is 4.78. The van der Waals surface area contributed by atoms with Crippen LogP contribution in [0.4, 0.5) is 0 Å². The molecule has 2 atom stereocenters. The van der Waals surface area contributed by atoms with Crippen LogP contribution in [-0.2, 0) is 4.79 Å². The number of amidine groups is 1. The maximum atomic E-state index is 10.4. The van der Waals surface area contributed by atoms with Gasteiger partial charge in [-0.15, -0.1) is 0 Å². The van der Waals surface area contributed by atoms with Gasteiger partial charge in [0.25, 0.3) is 0 Å². The van der Waals surface area contributed by atoms with Gasteiger partial charge in [0.05, 0.1) is 6.04 Å². The number of amides is 1. The highest BCUT2D eigenvalue weighted by Gasteiger charge is 2.13. The van der Waals surface area contributed by atoms with Crippen molar-refractivity contribution in [2.75, 3.05) is 6.54 Å². The molecule has 7 nitrogen and oxygen atoms in total. The fourth-order valence-corrected chi connectivity index (χ4v) is 0.580. The Labute approximate surface area is 75.4 Å². The molecule has 0 heterocycles. The first kappa shape index (κ1) is 11.7. The Morgan fingerprint density at radius 3 is 2.54 bits per heavy atom. The van der Waals surface area contributed by atoms with Gasteiger partial charge >= 0.3 is 0 Å². The summed E-state index contributed by atoms with van der Waals surface area (Å²) in [5.41, 5.74) is 10.0. The minimum atomic E-state index is -1.27. The van der Waals surface area contributed by atoms with Crippen molar-refractivity contribution in [2.45, 2.75) is 19.1 Å². The summed E-state index contributed by atoms with van der Waals surface area (Å²) in [5.74, 6) is -0.851. The van der Waals surface area contributed by atoms with Crippen LogP contribution in [-0.4, -0.2) is 40.7 Å². The lowest BCUT2D eigenvalue weighted by atomic mass is 10.2. The van der Waals surface area contributed by atoms with Gasteiger partial charge in [-0.05, 0) is 6.92 Å². The van der Waals surface area contributed by atoms with Crippen molar-refractivity contribution in [3.8, 4) is 0 Å². The zero-order valence-electron chi connectivity index (χ0n) is 7.27. The fraction of sp³-hybridized carbons (Fsp3) is 0.667. The number of rotatable bonds is 5. The van der Waals surface area contributed by atoms with Gasteiger partial charge in [0.1, 0.15) is 6.10 Å². The third kappa shape index (κ3) is 4.28. The molecule has 0 radical (unpaired) electrons. The average Bonchev–Trinajstić information content (AvgIpc) is 2.11. The molecule has 0 aromatic heterocycles. The largest absolute Gasteiger partial charge is 0.409 e. The van der Waals surface area contributed by atoms with E-state index in [-0.39, 0.29) is 12.4 Å². The SMILES string of the molecule is CC(NCC(O)C(N)=O)C(N)=NO. The highest BCUT2D eigenvalue weighted by molar-refractivity contribution is 5.85. The van der Waals surface area contributed by atoms with Gasteiger partial charge in [-0.1, -0.05) is 5.16 Å². The maximum absolute atomic E-state index is 10.4. The molecule has 7 heteroatoms. The summed E-state index contributed by atoms with van der Waals surface area (Å²) >= 11 is 0. The summed E-state index contributed by atoms with van der Waals surface area (Å²) in [4.78, 5) is 10.4. The van der Waals surface area contributed by atoms with Crippen molar-refractivity contribution in [1.82, 2.24) is 5.32 Å². The summed E-state index contributed by atoms with van der Waals surface area (Å²) in [6.07, 6.45) is -1.27. The molecule has 0 rings (SSSR count). The number of primary amides is 1. The summed E-state index contributed by atoms with van der Waals surface area (Å²) in [5, 5.41) is 22.6. The van der Waals surface area contributed by atoms with E-state index in [0.29, 0.717) is 0 Å². The highest BCUT2D eigenvalue weighted by Crippen LogP contribution is 1.84. The van der Waals surface area contributed by atoms with Gasteiger partial charge < -0.3 is 27.1 Å². The Morgan fingerprint density at radius 1 is 1.62 bits per heavy atom. The molecule has 0 saturated heterocycles. The van der Waals surface area contributed by atoms with E-state index in [0.717, 1.165) is 0 Å². The lowest BCUT2D eigenvalue weighted by Gasteiger charge is -2.13. The fourth-order valence-electron chi connectivity index (χ4n) is 0.580. The summed E-state index contributed by atoms with van der Waals surface area (Å²) < 4.78 is 0. The minimum absolute atomic E-state index is 0.0309. The van der Waals surface area contributed by atoms with Crippen LogP contribution in [0.3, 0.4) is 0 Å². The van der Waals surface area contributed by atoms with Crippen LogP contribution < -0.4 is 16.8 Å². The molecule has 0 aromatic carbocycles. The van der Waals surface area contributed by atoms with E-state index in [1.807, 2.05) is 0 Å². The third-order valence-corrected chi connectivity index (χ3v) is 1.50. The van der Waals surface area contributed by atoms with Gasteiger partial charge in [0.2, 0.25) is 5.91 Å². The molecule has 7 N–H and O–H groups in total. The number of aliphatic hydroxyl groups excluding tert-OH is 1. The number of nitrogens with zero attached hydrogens (tertiary/aromatic N) is 1. The number of oxime groups is 1. The van der Waals surface area contributed by atoms with Crippen molar-refractivity contribution in [1.29, 1.82) is 0 Å². The molecule has 76 valence electrons. The lowest BCUT2D eigenvalue weighted by Crippen LogP contribution is -2.45. The predicted molar refractivity (Wildman–Crippen MR) is 46.1 cm³/mol. The number of hydrogen-bond donors (Lipinski definition) is 5. The molecule has 13 heavy (non-hydrogen) atoms. The molecule has 0 aliphatic carbocycles. The van der Waals surface area contributed by atoms with Gasteiger partial charge in [0, 0.05) is 6.54 Å². The van der Waals surface area contributed by atoms with Crippen LogP contribution in [0.2, 0.25) is 0 Å². The smallest absolute Gasteiger partial charge is 0.247 e. The average molecular weight is 190 g/mol. The molecule has 0 aliphatic rings. The van der Waals surface area contributed by atoms with Crippen molar-refractivity contribution in [2.24, 2.45) is 16.6 Å². The molecular weight excluding hydrogens is 176 g/mol. The normalized spacial score (nSPS) is 16.6. The van der Waals surface area contributed by atoms with E-state index in [1.54, 1.807) is 6.92 Å². The van der Waals surface area contributed by atoms with Crippen LogP contribution in [0.25, 0.3) is 0 Å². The molecule has 0 saturated carbocycles. The van der Waals surface area contributed by atoms with Crippen molar-refractivity contribution in [3.63, 3.8) is 0 Å². The van der Waals surface area contributed by atoms with E-state index < -0.39 is 18.1 Å². The molecule has 0 bridgehead atoms. The van der Waals surface area contributed by atoms with Crippen LogP contribution in [0.1, 0.15) is 6.92 Å². The molecule has 1 amide bonds. The second-order valence-corrected chi connectivity index (χ2v) is 2.57. The zero-order valence-corrected chi connectivity index (χ0v) is 7.27. The first-order valence-electron chi connectivity index (χ1n) is 3.67. The Morgan fingerprint density at radius 2 is 2.15 bits per heavy atom. The second-order valence-electron chi connectivity index (χ2n) is 2.57. The van der Waals surface area contributed by atoms with Gasteiger partial charge in [-0.3, -0.25) is 4.79 Å². The summed E-state index contributed by atoms with van der Waals surface area (Å²) in [7, 11) is 0. The minimum Gasteiger partial charge on any atom is -0.409 e. The third-order valence-electron chi connectivity index (χ3n) is 1.50. The molecular formula is C6H14N4O3. The first-order chi connectivity index (χ1) is 5.99. The van der Waals surface area contributed by atoms with Crippen molar-refractivity contribution >= 4 is 11.7 Å². The quantitative estimate of drug-likeness (QED) is 0.142. The number of nitrogens with two attached hydrogens (primary N) is 2. The highest BCUT2D eigenvalue weighted by atomic mass is 16.4. The number of nitrogens with one attached hydrogen (secondary N) is 1.